The van der Waals surface area contributed by atoms with Crippen molar-refractivity contribution in [3.63, 3.8) is 0 Å². The molecule has 1 aliphatic rings. The summed E-state index contributed by atoms with van der Waals surface area (Å²) in [6, 6.07) is 8.39. The third-order valence-corrected chi connectivity index (χ3v) is 4.55. The highest BCUT2D eigenvalue weighted by Gasteiger charge is 2.23. The number of benzene rings is 1. The van der Waals surface area contributed by atoms with E-state index in [4.69, 9.17) is 21.3 Å². The predicted molar refractivity (Wildman–Crippen MR) is 97.1 cm³/mol. The van der Waals surface area contributed by atoms with Gasteiger partial charge < -0.3 is 14.5 Å². The second kappa shape index (κ2) is 7.26. The summed E-state index contributed by atoms with van der Waals surface area (Å²) in [4.78, 5) is 20.7. The maximum absolute atomic E-state index is 11.9. The average Bonchev–Trinajstić information content (AvgIpc) is 2.60. The van der Waals surface area contributed by atoms with Crippen LogP contribution in [0, 0.1) is 13.8 Å². The van der Waals surface area contributed by atoms with Crippen LogP contribution in [0.25, 0.3) is 10.9 Å². The summed E-state index contributed by atoms with van der Waals surface area (Å²) in [5.74, 6) is 1.30. The number of pyridine rings is 1. The molecule has 2 heterocycles. The first kappa shape index (κ1) is 16.8. The van der Waals surface area contributed by atoms with Gasteiger partial charge in [0.25, 0.3) is 0 Å². The number of halogens is 1. The van der Waals surface area contributed by atoms with Crippen molar-refractivity contribution in [3.05, 3.63) is 35.4 Å². The smallest absolute Gasteiger partial charge is 0.409 e. The molecule has 1 aliphatic heterocycles. The molecule has 128 valence electrons. The summed E-state index contributed by atoms with van der Waals surface area (Å²) in [6.45, 7) is 7.22. The highest BCUT2D eigenvalue weighted by Crippen LogP contribution is 2.25. The lowest BCUT2D eigenvalue weighted by atomic mass is 10.1. The van der Waals surface area contributed by atoms with Crippen LogP contribution >= 0.6 is 11.6 Å². The average molecular weight is 348 g/mol. The molecular formula is C18H22ClN3O2. The number of aryl methyl sites for hydroxylation is 2. The lowest BCUT2D eigenvalue weighted by molar-refractivity contribution is 0.105. The Kier molecular flexibility index (Phi) is 5.09. The second-order valence-electron chi connectivity index (χ2n) is 6.05. The molecule has 1 amide bonds. The monoisotopic (exact) mass is 347 g/mol. The van der Waals surface area contributed by atoms with Gasteiger partial charge in [-0.3, -0.25) is 0 Å². The zero-order chi connectivity index (χ0) is 17.1. The zero-order valence-electron chi connectivity index (χ0n) is 14.1. The number of amides is 1. The molecule has 0 spiro atoms. The molecule has 5 nitrogen and oxygen atoms in total. The number of piperazine rings is 1. The van der Waals surface area contributed by atoms with Gasteiger partial charge in [0.05, 0.1) is 11.4 Å². The van der Waals surface area contributed by atoms with Crippen LogP contribution in [0.2, 0.25) is 0 Å². The van der Waals surface area contributed by atoms with Gasteiger partial charge >= 0.3 is 6.09 Å². The van der Waals surface area contributed by atoms with E-state index in [1.165, 1.54) is 16.5 Å². The van der Waals surface area contributed by atoms with Crippen molar-refractivity contribution in [1.29, 1.82) is 0 Å². The number of aromatic nitrogens is 1. The van der Waals surface area contributed by atoms with Gasteiger partial charge in [-0.1, -0.05) is 18.2 Å². The van der Waals surface area contributed by atoms with Gasteiger partial charge in [0.1, 0.15) is 12.4 Å². The number of alkyl halides is 1. The molecule has 0 aliphatic carbocycles. The molecule has 0 atom stereocenters. The summed E-state index contributed by atoms with van der Waals surface area (Å²) in [7, 11) is 0. The molecule has 3 rings (SSSR count). The van der Waals surface area contributed by atoms with Crippen LogP contribution in [0.15, 0.2) is 24.3 Å². The van der Waals surface area contributed by atoms with Gasteiger partial charge in [-0.05, 0) is 31.0 Å². The molecule has 1 aromatic carbocycles. The van der Waals surface area contributed by atoms with E-state index in [2.05, 4.69) is 43.0 Å². The maximum Gasteiger partial charge on any atom is 0.409 e. The van der Waals surface area contributed by atoms with Gasteiger partial charge in [0, 0.05) is 31.6 Å². The van der Waals surface area contributed by atoms with E-state index in [0.29, 0.717) is 19.0 Å². The Morgan fingerprint density at radius 3 is 2.67 bits per heavy atom. The SMILES string of the molecule is Cc1cc(N2CCN(C(=O)OCCCl)CC2)nc2c(C)cccc12. The van der Waals surface area contributed by atoms with E-state index < -0.39 is 0 Å². The molecule has 0 bridgehead atoms. The summed E-state index contributed by atoms with van der Waals surface area (Å²) >= 11 is 5.55. The minimum atomic E-state index is -0.284. The fourth-order valence-corrected chi connectivity index (χ4v) is 3.12. The van der Waals surface area contributed by atoms with Crippen molar-refractivity contribution in [3.8, 4) is 0 Å². The summed E-state index contributed by atoms with van der Waals surface area (Å²) in [6.07, 6.45) is -0.284. The Hall–Kier alpha value is -2.01. The van der Waals surface area contributed by atoms with Crippen molar-refractivity contribution in [2.75, 3.05) is 43.6 Å². The molecule has 0 N–H and O–H groups in total. The minimum absolute atomic E-state index is 0.255. The first-order chi connectivity index (χ1) is 11.6. The van der Waals surface area contributed by atoms with Crippen LogP contribution in [0.4, 0.5) is 10.6 Å². The third kappa shape index (κ3) is 3.41. The molecule has 0 radical (unpaired) electrons. The minimum Gasteiger partial charge on any atom is -0.448 e. The van der Waals surface area contributed by atoms with Crippen LogP contribution < -0.4 is 4.90 Å². The lowest BCUT2D eigenvalue weighted by Gasteiger charge is -2.35. The fraction of sp³-hybridized carbons (Fsp3) is 0.444. The number of hydrogen-bond acceptors (Lipinski definition) is 4. The van der Waals surface area contributed by atoms with E-state index in [1.807, 2.05) is 0 Å². The van der Waals surface area contributed by atoms with Crippen LogP contribution in [-0.4, -0.2) is 54.6 Å². The molecule has 0 unspecified atom stereocenters. The quantitative estimate of drug-likeness (QED) is 0.799. The number of carbonyl (C=O) groups is 1. The first-order valence-corrected chi connectivity index (χ1v) is 8.73. The highest BCUT2D eigenvalue weighted by molar-refractivity contribution is 6.18. The number of para-hydroxylation sites is 1. The Morgan fingerprint density at radius 1 is 1.21 bits per heavy atom. The number of nitrogens with zero attached hydrogens (tertiary/aromatic N) is 3. The van der Waals surface area contributed by atoms with Crippen LogP contribution in [-0.2, 0) is 4.74 Å². The topological polar surface area (TPSA) is 45.7 Å². The Bertz CT molecular complexity index is 742. The van der Waals surface area contributed by atoms with Crippen LogP contribution in [0.3, 0.4) is 0 Å². The number of rotatable bonds is 3. The molecule has 1 saturated heterocycles. The van der Waals surface area contributed by atoms with Gasteiger partial charge in [0.15, 0.2) is 0 Å². The van der Waals surface area contributed by atoms with E-state index in [0.717, 1.165) is 24.4 Å². The number of anilines is 1. The van der Waals surface area contributed by atoms with Gasteiger partial charge in [-0.2, -0.15) is 0 Å². The highest BCUT2D eigenvalue weighted by atomic mass is 35.5. The summed E-state index contributed by atoms with van der Waals surface area (Å²) in [5, 5.41) is 1.20. The molecule has 24 heavy (non-hydrogen) atoms. The van der Waals surface area contributed by atoms with Crippen molar-refractivity contribution < 1.29 is 9.53 Å². The Balaban J connectivity index is 1.74. The number of ether oxygens (including phenoxy) is 1. The van der Waals surface area contributed by atoms with Gasteiger partial charge in [-0.25, -0.2) is 9.78 Å². The largest absolute Gasteiger partial charge is 0.448 e. The standard InChI is InChI=1S/C18H22ClN3O2/c1-13-4-3-5-15-14(2)12-16(20-17(13)15)21-7-9-22(10-8-21)18(23)24-11-6-19/h3-5,12H,6-11H2,1-2H3. The Morgan fingerprint density at radius 2 is 1.96 bits per heavy atom. The van der Waals surface area contributed by atoms with Crippen molar-refractivity contribution in [2.45, 2.75) is 13.8 Å². The molecule has 1 aromatic heterocycles. The molecule has 2 aromatic rings. The molecule has 6 heteroatoms. The molecule has 0 saturated carbocycles. The van der Waals surface area contributed by atoms with E-state index in [1.54, 1.807) is 4.90 Å². The number of fused-ring (bicyclic) bond motifs is 1. The Labute approximate surface area is 147 Å². The normalized spacial score (nSPS) is 15.0. The third-order valence-electron chi connectivity index (χ3n) is 4.40. The van der Waals surface area contributed by atoms with E-state index in [-0.39, 0.29) is 12.7 Å². The fourth-order valence-electron chi connectivity index (χ4n) is 3.04. The predicted octanol–water partition coefficient (Wildman–Crippen LogP) is 3.35. The molecular weight excluding hydrogens is 326 g/mol. The number of hydrogen-bond donors (Lipinski definition) is 0. The van der Waals surface area contributed by atoms with Gasteiger partial charge in [0.2, 0.25) is 0 Å². The maximum atomic E-state index is 11.9. The van der Waals surface area contributed by atoms with Crippen molar-refractivity contribution in [2.24, 2.45) is 0 Å². The summed E-state index contributed by atoms with van der Waals surface area (Å²) in [5.41, 5.74) is 3.46. The second-order valence-corrected chi connectivity index (χ2v) is 6.42. The summed E-state index contributed by atoms with van der Waals surface area (Å²) < 4.78 is 5.09. The van der Waals surface area contributed by atoms with Crippen LogP contribution in [0.1, 0.15) is 11.1 Å². The number of carbonyl (C=O) groups excluding carboxylic acids is 1. The van der Waals surface area contributed by atoms with Crippen molar-refractivity contribution in [1.82, 2.24) is 9.88 Å². The van der Waals surface area contributed by atoms with E-state index in [9.17, 15) is 4.79 Å². The van der Waals surface area contributed by atoms with E-state index >= 15 is 0 Å². The van der Waals surface area contributed by atoms with Crippen LogP contribution in [0.5, 0.6) is 0 Å². The first-order valence-electron chi connectivity index (χ1n) is 8.19. The van der Waals surface area contributed by atoms with Gasteiger partial charge in [-0.15, -0.1) is 11.6 Å². The lowest BCUT2D eigenvalue weighted by Crippen LogP contribution is -2.49. The molecule has 1 fully saturated rings. The zero-order valence-corrected chi connectivity index (χ0v) is 14.8. The van der Waals surface area contributed by atoms with Crippen molar-refractivity contribution >= 4 is 34.4 Å².